The summed E-state index contributed by atoms with van der Waals surface area (Å²) >= 11 is 3.19. The molecule has 1 aliphatic rings. The van der Waals surface area contributed by atoms with Gasteiger partial charge in [0.15, 0.2) is 0 Å². The number of hydrogen-bond donors (Lipinski definition) is 2. The van der Waals surface area contributed by atoms with Crippen molar-refractivity contribution in [3.63, 3.8) is 0 Å². The molecule has 1 unspecified atom stereocenters. The van der Waals surface area contributed by atoms with Crippen LogP contribution in [0.2, 0.25) is 0 Å². The molecule has 1 heterocycles. The molecule has 0 bridgehead atoms. The second-order valence-electron chi connectivity index (χ2n) is 6.15. The molecule has 1 fully saturated rings. The lowest BCUT2D eigenvalue weighted by molar-refractivity contribution is -0.124. The molecule has 11 heteroatoms. The van der Waals surface area contributed by atoms with E-state index in [1.165, 1.54) is 20.2 Å². The molecule has 4 atom stereocenters. The molecule has 0 radical (unpaired) electrons. The van der Waals surface area contributed by atoms with Crippen LogP contribution < -0.4 is 10.6 Å². The summed E-state index contributed by atoms with van der Waals surface area (Å²) in [4.78, 5) is 20.4. The molecule has 0 aromatic carbocycles. The predicted octanol–water partition coefficient (Wildman–Crippen LogP) is 2.76. The zero-order valence-corrected chi connectivity index (χ0v) is 16.9. The third-order valence-electron chi connectivity index (χ3n) is 4.08. The van der Waals surface area contributed by atoms with Gasteiger partial charge in [0.1, 0.15) is 12.3 Å². The van der Waals surface area contributed by atoms with Crippen molar-refractivity contribution in [1.82, 2.24) is 15.5 Å². The van der Waals surface area contributed by atoms with E-state index in [1.54, 1.807) is 6.92 Å². The average molecular weight is 458 g/mol. The Labute approximate surface area is 164 Å². The van der Waals surface area contributed by atoms with Gasteiger partial charge in [-0.1, -0.05) is 15.9 Å². The molecule has 1 rings (SSSR count). The van der Waals surface area contributed by atoms with Crippen LogP contribution in [0.1, 0.15) is 26.7 Å². The average Bonchev–Trinajstić information content (AvgIpc) is 2.90. The van der Waals surface area contributed by atoms with Gasteiger partial charge in [0, 0.05) is 43.2 Å². The van der Waals surface area contributed by atoms with Crippen molar-refractivity contribution >= 4 is 34.4 Å². The van der Waals surface area contributed by atoms with E-state index in [2.05, 4.69) is 43.3 Å². The summed E-state index contributed by atoms with van der Waals surface area (Å²) in [7, 11) is 1.19. The van der Waals surface area contributed by atoms with E-state index in [4.69, 9.17) is 0 Å². The van der Waals surface area contributed by atoms with Crippen LogP contribution >= 0.6 is 15.9 Å². The Hall–Kier alpha value is -1.49. The summed E-state index contributed by atoms with van der Waals surface area (Å²) in [5.41, 5.74) is 0. The van der Waals surface area contributed by atoms with Crippen molar-refractivity contribution in [3.05, 3.63) is 10.7 Å². The minimum Gasteiger partial charge on any atom is -0.335 e. The molecule has 27 heavy (non-hydrogen) atoms. The second-order valence-corrected chi connectivity index (χ2v) is 7.17. The topological polar surface area (TPSA) is 69.1 Å². The van der Waals surface area contributed by atoms with E-state index in [1.807, 2.05) is 0 Å². The van der Waals surface area contributed by atoms with Gasteiger partial charge in [0.2, 0.25) is 11.7 Å². The van der Waals surface area contributed by atoms with Gasteiger partial charge in [-0.05, 0) is 20.6 Å². The number of nitrogens with one attached hydrogen (secondary N) is 2. The monoisotopic (exact) mass is 457 g/mol. The maximum absolute atomic E-state index is 13.7. The number of carbonyl (C=O) groups is 1. The number of aliphatic imine (C=N–C) groups is 2. The molecule has 0 spiro atoms. The maximum Gasteiger partial charge on any atom is 0.449 e. The number of hydrogen-bond acceptors (Lipinski definition) is 4. The van der Waals surface area contributed by atoms with Crippen molar-refractivity contribution < 1.29 is 22.4 Å². The van der Waals surface area contributed by atoms with Gasteiger partial charge < -0.3 is 15.5 Å². The predicted molar refractivity (Wildman–Crippen MR) is 101 cm³/mol. The van der Waals surface area contributed by atoms with Gasteiger partial charge in [0.05, 0.1) is 6.04 Å². The lowest BCUT2D eigenvalue weighted by Crippen LogP contribution is -2.55. The first-order valence-corrected chi connectivity index (χ1v) is 9.15. The number of halogens is 5. The molecule has 2 N–H and O–H groups in total. The first-order valence-electron chi connectivity index (χ1n) is 8.36. The van der Waals surface area contributed by atoms with Crippen LogP contribution in [0.3, 0.4) is 0 Å². The van der Waals surface area contributed by atoms with Crippen molar-refractivity contribution in [2.75, 3.05) is 13.6 Å². The Morgan fingerprint density at radius 1 is 1.52 bits per heavy atom. The third kappa shape index (κ3) is 6.87. The Morgan fingerprint density at radius 3 is 2.59 bits per heavy atom. The number of alkyl halides is 4. The van der Waals surface area contributed by atoms with Crippen LogP contribution in [-0.2, 0) is 4.79 Å². The molecule has 154 valence electrons. The van der Waals surface area contributed by atoms with E-state index < -0.39 is 42.3 Å². The van der Waals surface area contributed by atoms with Crippen LogP contribution in [0.25, 0.3) is 0 Å². The number of carbonyl (C=O) groups excluding carboxylic acids is 1. The summed E-state index contributed by atoms with van der Waals surface area (Å²) in [5, 5.41) is 5.34. The number of amides is 1. The first-order chi connectivity index (χ1) is 12.5. The molecule has 0 aliphatic carbocycles. The number of amidine groups is 1. The minimum atomic E-state index is -4.69. The Balaban J connectivity index is 3.05. The lowest BCUT2D eigenvalue weighted by atomic mass is 10.1. The summed E-state index contributed by atoms with van der Waals surface area (Å²) in [6.07, 6.45) is -5.69. The fraction of sp³-hybridized carbons (Fsp3) is 0.688. The molecule has 6 nitrogen and oxygen atoms in total. The molecule has 0 saturated carbocycles. The van der Waals surface area contributed by atoms with E-state index >= 15 is 0 Å². The van der Waals surface area contributed by atoms with Gasteiger partial charge in [-0.2, -0.15) is 13.2 Å². The minimum absolute atomic E-state index is 0.0125. The third-order valence-corrected chi connectivity index (χ3v) is 4.60. The first kappa shape index (κ1) is 23.5. The lowest BCUT2D eigenvalue weighted by Gasteiger charge is -2.33. The molecule has 0 aromatic heterocycles. The molecule has 1 aliphatic heterocycles. The number of rotatable bonds is 7. The highest BCUT2D eigenvalue weighted by Crippen LogP contribution is 2.24. The van der Waals surface area contributed by atoms with Gasteiger partial charge >= 0.3 is 6.18 Å². The van der Waals surface area contributed by atoms with Crippen LogP contribution in [0.4, 0.5) is 17.6 Å². The van der Waals surface area contributed by atoms with Crippen LogP contribution in [-0.4, -0.2) is 67.6 Å². The van der Waals surface area contributed by atoms with Gasteiger partial charge in [-0.3, -0.25) is 14.8 Å². The van der Waals surface area contributed by atoms with Crippen molar-refractivity contribution in [2.45, 2.75) is 57.3 Å². The van der Waals surface area contributed by atoms with E-state index in [0.717, 1.165) is 4.90 Å². The standard InChI is InChI=1S/C16H24BrF4N5O/c1-5-23-15(16(19,20)21)26(4)13(6-10(17)8-22-3)25-14(27)12-7-11(18)9(2)24-12/h8-9,11-13,24H,3,5-7H2,1-2,4H3,(H,25,27)/b10-8+,23-15?/t9-,11+,12-,13?/m0/s1. The highest BCUT2D eigenvalue weighted by atomic mass is 79.9. The largest absolute Gasteiger partial charge is 0.449 e. The highest BCUT2D eigenvalue weighted by Gasteiger charge is 2.42. The smallest absolute Gasteiger partial charge is 0.335 e. The van der Waals surface area contributed by atoms with Crippen LogP contribution in [0.15, 0.2) is 20.7 Å². The molecule has 1 saturated heterocycles. The molecule has 0 aromatic rings. The second kappa shape index (κ2) is 10.2. The van der Waals surface area contributed by atoms with Crippen molar-refractivity contribution in [1.29, 1.82) is 0 Å². The Kier molecular flexibility index (Phi) is 8.86. The fourth-order valence-electron chi connectivity index (χ4n) is 2.69. The quantitative estimate of drug-likeness (QED) is 0.267. The summed E-state index contributed by atoms with van der Waals surface area (Å²) in [5.74, 6) is -1.69. The van der Waals surface area contributed by atoms with E-state index in [0.29, 0.717) is 4.48 Å². The van der Waals surface area contributed by atoms with E-state index in [-0.39, 0.29) is 19.4 Å². The van der Waals surface area contributed by atoms with E-state index in [9.17, 15) is 22.4 Å². The van der Waals surface area contributed by atoms with Gasteiger partial charge in [-0.15, -0.1) is 0 Å². The number of nitrogens with zero attached hydrogens (tertiary/aromatic N) is 3. The highest BCUT2D eigenvalue weighted by molar-refractivity contribution is 9.11. The molecule has 1 amide bonds. The van der Waals surface area contributed by atoms with Crippen molar-refractivity contribution in [3.8, 4) is 0 Å². The molecular formula is C16H24BrF4N5O. The van der Waals surface area contributed by atoms with Gasteiger partial charge in [-0.25, -0.2) is 4.39 Å². The van der Waals surface area contributed by atoms with Gasteiger partial charge in [0.25, 0.3) is 0 Å². The Morgan fingerprint density at radius 2 is 2.15 bits per heavy atom. The Bertz CT molecular complexity index is 586. The summed E-state index contributed by atoms with van der Waals surface area (Å²) in [6, 6.07) is -1.32. The summed E-state index contributed by atoms with van der Waals surface area (Å²) < 4.78 is 54.1. The van der Waals surface area contributed by atoms with Crippen molar-refractivity contribution in [2.24, 2.45) is 9.98 Å². The zero-order chi connectivity index (χ0) is 20.8. The van der Waals surface area contributed by atoms with Crippen LogP contribution in [0, 0.1) is 0 Å². The summed E-state index contributed by atoms with van der Waals surface area (Å²) in [6.45, 7) is 6.30. The fourth-order valence-corrected chi connectivity index (χ4v) is 3.14. The SMILES string of the molecule is C=N/C=C(/Br)CC(NC(=O)[C@@H]1C[C@@H](F)[C@H](C)N1)N(C)C(=NCC)C(F)(F)F. The molecular weight excluding hydrogens is 434 g/mol. The van der Waals surface area contributed by atoms with Crippen LogP contribution in [0.5, 0.6) is 0 Å². The maximum atomic E-state index is 13.7. The normalized spacial score (nSPS) is 25.3. The zero-order valence-electron chi connectivity index (χ0n) is 15.4.